The molecule has 0 aliphatic carbocycles. The molecule has 2 aromatic rings. The summed E-state index contributed by atoms with van der Waals surface area (Å²) in [4.78, 5) is 4.30. The third-order valence-corrected chi connectivity index (χ3v) is 2.90. The van der Waals surface area contributed by atoms with Crippen molar-refractivity contribution in [3.05, 3.63) is 22.2 Å². The minimum atomic E-state index is -0.0116. The molecule has 16 heavy (non-hydrogen) atoms. The van der Waals surface area contributed by atoms with Crippen molar-refractivity contribution < 1.29 is 0 Å². The van der Waals surface area contributed by atoms with Crippen molar-refractivity contribution in [1.29, 1.82) is 0 Å². The van der Waals surface area contributed by atoms with Gasteiger partial charge in [-0.3, -0.25) is 0 Å². The summed E-state index contributed by atoms with van der Waals surface area (Å²) in [7, 11) is 0. The maximum Gasteiger partial charge on any atom is 0.155 e. The maximum atomic E-state index is 4.43. The van der Waals surface area contributed by atoms with Gasteiger partial charge in [-0.1, -0.05) is 32.1 Å². The molecule has 0 saturated heterocycles. The van der Waals surface area contributed by atoms with E-state index in [9.17, 15) is 0 Å². The molecule has 0 atom stereocenters. The van der Waals surface area contributed by atoms with Gasteiger partial charge in [0.2, 0.25) is 0 Å². The summed E-state index contributed by atoms with van der Waals surface area (Å²) in [6, 6.07) is 0. The van der Waals surface area contributed by atoms with Gasteiger partial charge >= 0.3 is 0 Å². The minimum Gasteiger partial charge on any atom is -0.246 e. The Balaban J connectivity index is 2.14. The molecule has 0 N–H and O–H groups in total. The van der Waals surface area contributed by atoms with E-state index in [-0.39, 0.29) is 5.41 Å². The predicted octanol–water partition coefficient (Wildman–Crippen LogP) is 1.78. The Kier molecular flexibility index (Phi) is 2.75. The normalized spacial score (nSPS) is 12.0. The lowest BCUT2D eigenvalue weighted by Gasteiger charge is -2.12. The van der Waals surface area contributed by atoms with Crippen LogP contribution < -0.4 is 0 Å². The summed E-state index contributed by atoms with van der Waals surface area (Å²) in [6.45, 7) is 8.89. The van der Waals surface area contributed by atoms with Gasteiger partial charge in [-0.15, -0.1) is 10.2 Å². The van der Waals surface area contributed by atoms with Crippen LogP contribution in [0.2, 0.25) is 0 Å². The van der Waals surface area contributed by atoms with E-state index in [2.05, 4.69) is 41.1 Å². The second-order valence-electron chi connectivity index (χ2n) is 4.73. The first kappa shape index (κ1) is 11.2. The van der Waals surface area contributed by atoms with Gasteiger partial charge in [-0.2, -0.15) is 5.10 Å². The van der Waals surface area contributed by atoms with Gasteiger partial charge in [0.25, 0.3) is 0 Å². The van der Waals surface area contributed by atoms with Crippen LogP contribution in [0.3, 0.4) is 0 Å². The highest BCUT2D eigenvalue weighted by Gasteiger charge is 2.18. The molecule has 0 bridgehead atoms. The molecule has 86 valence electrons. The van der Waals surface area contributed by atoms with Crippen molar-refractivity contribution in [1.82, 2.24) is 25.0 Å². The number of hydrogen-bond donors (Lipinski definition) is 0. The molecule has 0 aliphatic heterocycles. The zero-order valence-electron chi connectivity index (χ0n) is 9.93. The number of aryl methyl sites for hydroxylation is 1. The van der Waals surface area contributed by atoms with Crippen molar-refractivity contribution in [3.63, 3.8) is 0 Å². The molecule has 2 rings (SSSR count). The predicted molar refractivity (Wildman–Crippen MR) is 62.5 cm³/mol. The first-order chi connectivity index (χ1) is 7.45. The van der Waals surface area contributed by atoms with Gasteiger partial charge in [-0.05, 0) is 6.92 Å². The van der Waals surface area contributed by atoms with Gasteiger partial charge in [0, 0.05) is 5.41 Å². The largest absolute Gasteiger partial charge is 0.246 e. The van der Waals surface area contributed by atoms with Gasteiger partial charge in [0.05, 0.1) is 6.54 Å². The SMILES string of the molecule is Cc1nnc(Cn2cnc(C(C)(C)C)n2)s1. The third kappa shape index (κ3) is 2.44. The highest BCUT2D eigenvalue weighted by atomic mass is 32.1. The molecule has 0 radical (unpaired) electrons. The Bertz CT molecular complexity index is 479. The standard InChI is InChI=1S/C10H15N5S/c1-7-12-13-8(16-7)5-15-6-11-9(14-15)10(2,3)4/h6H,5H2,1-4H3. The highest BCUT2D eigenvalue weighted by molar-refractivity contribution is 7.11. The van der Waals surface area contributed by atoms with E-state index in [0.717, 1.165) is 15.8 Å². The van der Waals surface area contributed by atoms with Crippen molar-refractivity contribution in [3.8, 4) is 0 Å². The van der Waals surface area contributed by atoms with Crippen LogP contribution in [0.25, 0.3) is 0 Å². The molecule has 0 aliphatic rings. The van der Waals surface area contributed by atoms with Crippen LogP contribution in [0, 0.1) is 6.92 Å². The quantitative estimate of drug-likeness (QED) is 0.799. The lowest BCUT2D eigenvalue weighted by Crippen LogP contribution is -2.14. The van der Waals surface area contributed by atoms with Crippen molar-refractivity contribution in [2.45, 2.75) is 39.7 Å². The molecule has 0 spiro atoms. The summed E-state index contributed by atoms with van der Waals surface area (Å²) in [5.41, 5.74) is -0.0116. The monoisotopic (exact) mass is 237 g/mol. The lowest BCUT2D eigenvalue weighted by atomic mass is 9.96. The fourth-order valence-corrected chi connectivity index (χ4v) is 1.96. The molecule has 0 amide bonds. The topological polar surface area (TPSA) is 56.5 Å². The summed E-state index contributed by atoms with van der Waals surface area (Å²) in [5, 5.41) is 14.4. The fraction of sp³-hybridized carbons (Fsp3) is 0.600. The first-order valence-corrected chi connectivity index (χ1v) is 5.96. The molecular formula is C10H15N5S. The van der Waals surface area contributed by atoms with Crippen molar-refractivity contribution in [2.24, 2.45) is 0 Å². The molecule has 2 aromatic heterocycles. The Hall–Kier alpha value is -1.30. The van der Waals surface area contributed by atoms with E-state index in [4.69, 9.17) is 0 Å². The van der Waals surface area contributed by atoms with Crippen molar-refractivity contribution in [2.75, 3.05) is 0 Å². The molecule has 0 fully saturated rings. The van der Waals surface area contributed by atoms with E-state index in [1.54, 1.807) is 22.3 Å². The molecule has 0 saturated carbocycles. The van der Waals surface area contributed by atoms with Gasteiger partial charge in [0.15, 0.2) is 5.82 Å². The van der Waals surface area contributed by atoms with Gasteiger partial charge in [0.1, 0.15) is 16.3 Å². The Morgan fingerprint density at radius 2 is 2.06 bits per heavy atom. The Morgan fingerprint density at radius 1 is 1.31 bits per heavy atom. The number of hydrogen-bond acceptors (Lipinski definition) is 5. The molecule has 5 nitrogen and oxygen atoms in total. The number of aromatic nitrogens is 5. The van der Waals surface area contributed by atoms with Crippen LogP contribution in [0.1, 0.15) is 36.6 Å². The fourth-order valence-electron chi connectivity index (χ4n) is 1.25. The Labute approximate surface area is 98.6 Å². The van der Waals surface area contributed by atoms with Crippen molar-refractivity contribution >= 4 is 11.3 Å². The summed E-state index contributed by atoms with van der Waals surface area (Å²) < 4.78 is 1.81. The number of rotatable bonds is 2. The molecule has 0 unspecified atom stereocenters. The first-order valence-electron chi connectivity index (χ1n) is 5.14. The van der Waals surface area contributed by atoms with E-state index in [1.807, 2.05) is 6.92 Å². The van der Waals surface area contributed by atoms with Gasteiger partial charge < -0.3 is 0 Å². The zero-order chi connectivity index (χ0) is 11.8. The van der Waals surface area contributed by atoms with E-state index in [0.29, 0.717) is 6.54 Å². The van der Waals surface area contributed by atoms with Crippen LogP contribution in [0.4, 0.5) is 0 Å². The summed E-state index contributed by atoms with van der Waals surface area (Å²) >= 11 is 1.59. The Morgan fingerprint density at radius 3 is 2.56 bits per heavy atom. The second-order valence-corrected chi connectivity index (χ2v) is 6.00. The molecule has 2 heterocycles. The smallest absolute Gasteiger partial charge is 0.155 e. The number of nitrogens with zero attached hydrogens (tertiary/aromatic N) is 5. The lowest BCUT2D eigenvalue weighted by molar-refractivity contribution is 0.532. The average Bonchev–Trinajstić information content (AvgIpc) is 2.74. The van der Waals surface area contributed by atoms with E-state index >= 15 is 0 Å². The average molecular weight is 237 g/mol. The van der Waals surface area contributed by atoms with Crippen LogP contribution in [0.15, 0.2) is 6.33 Å². The third-order valence-electron chi connectivity index (χ3n) is 2.07. The molecular weight excluding hydrogens is 222 g/mol. The zero-order valence-corrected chi connectivity index (χ0v) is 10.7. The van der Waals surface area contributed by atoms with Crippen LogP contribution in [-0.4, -0.2) is 25.0 Å². The highest BCUT2D eigenvalue weighted by Crippen LogP contribution is 2.17. The van der Waals surface area contributed by atoms with Crippen LogP contribution in [-0.2, 0) is 12.0 Å². The van der Waals surface area contributed by atoms with Crippen LogP contribution in [0.5, 0.6) is 0 Å². The van der Waals surface area contributed by atoms with E-state index in [1.165, 1.54) is 0 Å². The summed E-state index contributed by atoms with van der Waals surface area (Å²) in [5.74, 6) is 0.855. The maximum absolute atomic E-state index is 4.43. The minimum absolute atomic E-state index is 0.0116. The second kappa shape index (κ2) is 3.93. The van der Waals surface area contributed by atoms with Crippen LogP contribution >= 0.6 is 11.3 Å². The molecule has 6 heteroatoms. The van der Waals surface area contributed by atoms with E-state index < -0.39 is 0 Å². The van der Waals surface area contributed by atoms with Gasteiger partial charge in [-0.25, -0.2) is 9.67 Å². The summed E-state index contributed by atoms with van der Waals surface area (Å²) in [6.07, 6.45) is 1.75. The molecule has 0 aromatic carbocycles.